The van der Waals surface area contributed by atoms with E-state index in [1.807, 2.05) is 30.8 Å². The number of allylic oxidation sites excluding steroid dienone is 1. The first-order valence-corrected chi connectivity index (χ1v) is 9.56. The van der Waals surface area contributed by atoms with Crippen molar-refractivity contribution in [2.45, 2.75) is 19.8 Å². The number of carbonyl (C=O) groups is 1. The van der Waals surface area contributed by atoms with Crippen LogP contribution in [0, 0.1) is 6.92 Å². The molecule has 2 aromatic heterocycles. The Balaban J connectivity index is 1.47. The number of ether oxygens (including phenoxy) is 1. The molecule has 29 heavy (non-hydrogen) atoms. The Morgan fingerprint density at radius 1 is 1.28 bits per heavy atom. The van der Waals surface area contributed by atoms with Gasteiger partial charge < -0.3 is 19.1 Å². The van der Waals surface area contributed by atoms with Crippen LogP contribution in [0.1, 0.15) is 22.8 Å². The van der Waals surface area contributed by atoms with Gasteiger partial charge >= 0.3 is 6.09 Å². The average Bonchev–Trinajstić information content (AvgIpc) is 3.29. The molecule has 0 aromatic carbocycles. The lowest BCUT2D eigenvalue weighted by Gasteiger charge is -2.36. The quantitative estimate of drug-likeness (QED) is 0.786. The van der Waals surface area contributed by atoms with Crippen molar-refractivity contribution in [3.05, 3.63) is 41.2 Å². The van der Waals surface area contributed by atoms with Gasteiger partial charge in [0.15, 0.2) is 6.61 Å². The number of nitrogens with zero attached hydrogens (tertiary/aromatic N) is 5. The number of alkyl halides is 2. The van der Waals surface area contributed by atoms with Crippen LogP contribution in [0.25, 0.3) is 11.6 Å². The minimum atomic E-state index is -2.65. The van der Waals surface area contributed by atoms with E-state index in [1.54, 1.807) is 6.20 Å². The van der Waals surface area contributed by atoms with Gasteiger partial charge in [0.1, 0.15) is 5.82 Å². The number of amides is 1. The van der Waals surface area contributed by atoms with E-state index in [0.29, 0.717) is 26.2 Å². The highest BCUT2D eigenvalue weighted by molar-refractivity contribution is 5.91. The van der Waals surface area contributed by atoms with Crippen molar-refractivity contribution in [1.29, 1.82) is 0 Å². The second kappa shape index (κ2) is 7.81. The smallest absolute Gasteiger partial charge is 0.410 e. The molecule has 7 nitrogen and oxygen atoms in total. The van der Waals surface area contributed by atoms with Crippen molar-refractivity contribution in [2.24, 2.45) is 7.05 Å². The molecule has 154 valence electrons. The molecular weight excluding hydrogens is 380 g/mol. The van der Waals surface area contributed by atoms with Crippen molar-refractivity contribution >= 4 is 23.4 Å². The second-order valence-electron chi connectivity index (χ2n) is 7.26. The fourth-order valence-electron chi connectivity index (χ4n) is 3.72. The predicted molar refractivity (Wildman–Crippen MR) is 105 cm³/mol. The molecule has 0 atom stereocenters. The van der Waals surface area contributed by atoms with Crippen LogP contribution < -0.4 is 4.90 Å². The minimum Gasteiger partial charge on any atom is -0.443 e. The van der Waals surface area contributed by atoms with E-state index in [0.717, 1.165) is 40.5 Å². The molecule has 0 radical (unpaired) electrons. The van der Waals surface area contributed by atoms with Gasteiger partial charge in [-0.25, -0.2) is 18.6 Å². The molecule has 0 saturated carbocycles. The summed E-state index contributed by atoms with van der Waals surface area (Å²) in [5.41, 5.74) is 5.26. The Kier molecular flexibility index (Phi) is 5.21. The Morgan fingerprint density at radius 3 is 2.69 bits per heavy atom. The number of piperazine rings is 1. The van der Waals surface area contributed by atoms with Gasteiger partial charge in [0.2, 0.25) is 0 Å². The van der Waals surface area contributed by atoms with Gasteiger partial charge in [-0.15, -0.1) is 0 Å². The molecule has 4 rings (SSSR count). The van der Waals surface area contributed by atoms with Gasteiger partial charge in [0.25, 0.3) is 6.43 Å². The van der Waals surface area contributed by atoms with E-state index in [2.05, 4.69) is 25.7 Å². The fourth-order valence-corrected chi connectivity index (χ4v) is 3.72. The Hall–Kier alpha value is -2.97. The summed E-state index contributed by atoms with van der Waals surface area (Å²) in [5.74, 6) is 0.958. The summed E-state index contributed by atoms with van der Waals surface area (Å²) in [6.45, 7) is 3.17. The summed E-state index contributed by atoms with van der Waals surface area (Å²) in [5, 5.41) is 0. The highest BCUT2D eigenvalue weighted by atomic mass is 19.3. The molecule has 0 unspecified atom stereocenters. The SMILES string of the molecule is Cc1nc(C2=Cc3c(N4CCN(C(=O)OCC(F)F)CC4)ccnc3C2)cn1C. The van der Waals surface area contributed by atoms with Gasteiger partial charge in [-0.05, 0) is 24.6 Å². The summed E-state index contributed by atoms with van der Waals surface area (Å²) in [6.07, 6.45) is 3.37. The summed E-state index contributed by atoms with van der Waals surface area (Å²) < 4.78 is 31.1. The normalized spacial score (nSPS) is 16.2. The zero-order valence-electron chi connectivity index (χ0n) is 16.4. The number of carbonyl (C=O) groups excluding carboxylic acids is 1. The van der Waals surface area contributed by atoms with Crippen molar-refractivity contribution in [2.75, 3.05) is 37.7 Å². The van der Waals surface area contributed by atoms with Crippen LogP contribution in [-0.4, -0.2) is 64.7 Å². The average molecular weight is 403 g/mol. The number of halogens is 2. The number of anilines is 1. The van der Waals surface area contributed by atoms with E-state index >= 15 is 0 Å². The third-order valence-corrected chi connectivity index (χ3v) is 5.38. The number of pyridine rings is 1. The molecule has 0 bridgehead atoms. The van der Waals surface area contributed by atoms with Crippen LogP contribution in [-0.2, 0) is 18.2 Å². The second-order valence-corrected chi connectivity index (χ2v) is 7.26. The number of rotatable bonds is 4. The monoisotopic (exact) mass is 403 g/mol. The van der Waals surface area contributed by atoms with Gasteiger partial charge in [0, 0.05) is 63.3 Å². The van der Waals surface area contributed by atoms with Crippen LogP contribution in [0.3, 0.4) is 0 Å². The van der Waals surface area contributed by atoms with E-state index in [4.69, 9.17) is 0 Å². The standard InChI is InChI=1S/C20H23F2N5O2/c1-13-24-17(11-25(13)2)14-9-15-16(10-14)23-4-3-18(15)26-5-7-27(8-6-26)20(28)29-12-19(21)22/h3-4,9,11,19H,5-8,10,12H2,1-2H3. The summed E-state index contributed by atoms with van der Waals surface area (Å²) in [7, 11) is 1.98. The zero-order valence-corrected chi connectivity index (χ0v) is 16.4. The topological polar surface area (TPSA) is 63.5 Å². The van der Waals surface area contributed by atoms with Gasteiger partial charge in [-0.3, -0.25) is 4.98 Å². The minimum absolute atomic E-state index is 0.426. The summed E-state index contributed by atoms with van der Waals surface area (Å²) in [6, 6.07) is 1.98. The molecule has 1 saturated heterocycles. The number of aryl methyl sites for hydroxylation is 2. The Bertz CT molecular complexity index is 929. The lowest BCUT2D eigenvalue weighted by molar-refractivity contribution is 0.0311. The lowest BCUT2D eigenvalue weighted by Crippen LogP contribution is -2.49. The fraction of sp³-hybridized carbons (Fsp3) is 0.450. The van der Waals surface area contributed by atoms with Gasteiger partial charge in [0.05, 0.1) is 11.4 Å². The number of imidazole rings is 1. The van der Waals surface area contributed by atoms with E-state index in [-0.39, 0.29) is 0 Å². The van der Waals surface area contributed by atoms with Crippen LogP contribution in [0.2, 0.25) is 0 Å². The first kappa shape index (κ1) is 19.4. The molecule has 2 aromatic rings. The molecule has 0 spiro atoms. The maximum Gasteiger partial charge on any atom is 0.410 e. The summed E-state index contributed by atoms with van der Waals surface area (Å²) in [4.78, 5) is 24.7. The van der Waals surface area contributed by atoms with Gasteiger partial charge in [-0.2, -0.15) is 0 Å². The Labute approximate surface area is 167 Å². The molecular formula is C20H23F2N5O2. The number of hydrogen-bond acceptors (Lipinski definition) is 5. The highest BCUT2D eigenvalue weighted by Crippen LogP contribution is 2.36. The van der Waals surface area contributed by atoms with Crippen LogP contribution in [0.4, 0.5) is 19.3 Å². The van der Waals surface area contributed by atoms with E-state index < -0.39 is 19.1 Å². The molecule has 1 aliphatic carbocycles. The van der Waals surface area contributed by atoms with Crippen molar-refractivity contribution in [3.8, 4) is 0 Å². The number of aromatic nitrogens is 3. The molecule has 2 aliphatic rings. The number of fused-ring (bicyclic) bond motifs is 1. The lowest BCUT2D eigenvalue weighted by atomic mass is 10.1. The zero-order chi connectivity index (χ0) is 20.5. The van der Waals surface area contributed by atoms with Gasteiger partial charge in [-0.1, -0.05) is 0 Å². The first-order valence-electron chi connectivity index (χ1n) is 9.56. The highest BCUT2D eigenvalue weighted by Gasteiger charge is 2.27. The van der Waals surface area contributed by atoms with Crippen LogP contribution in [0.15, 0.2) is 18.5 Å². The molecule has 1 aliphatic heterocycles. The van der Waals surface area contributed by atoms with E-state index in [9.17, 15) is 13.6 Å². The largest absolute Gasteiger partial charge is 0.443 e. The molecule has 9 heteroatoms. The third-order valence-electron chi connectivity index (χ3n) is 5.38. The Morgan fingerprint density at radius 2 is 2.03 bits per heavy atom. The van der Waals surface area contributed by atoms with Crippen molar-refractivity contribution < 1.29 is 18.3 Å². The summed E-state index contributed by atoms with van der Waals surface area (Å²) >= 11 is 0. The molecule has 1 fully saturated rings. The predicted octanol–water partition coefficient (Wildman–Crippen LogP) is 2.74. The first-order chi connectivity index (χ1) is 13.9. The third kappa shape index (κ3) is 3.94. The molecule has 0 N–H and O–H groups in total. The number of hydrogen-bond donors (Lipinski definition) is 0. The molecule has 1 amide bonds. The van der Waals surface area contributed by atoms with Crippen LogP contribution >= 0.6 is 0 Å². The van der Waals surface area contributed by atoms with Crippen molar-refractivity contribution in [1.82, 2.24) is 19.4 Å². The maximum absolute atomic E-state index is 12.2. The molecule has 3 heterocycles. The van der Waals surface area contributed by atoms with Crippen LogP contribution in [0.5, 0.6) is 0 Å². The van der Waals surface area contributed by atoms with E-state index in [1.165, 1.54) is 4.90 Å². The maximum atomic E-state index is 12.2. The van der Waals surface area contributed by atoms with Crippen molar-refractivity contribution in [3.63, 3.8) is 0 Å².